The smallest absolute Gasteiger partial charge is 0.350 e. The van der Waals surface area contributed by atoms with E-state index in [1.165, 1.54) is 0 Å². The summed E-state index contributed by atoms with van der Waals surface area (Å²) in [6.07, 6.45) is 2.04. The molecule has 0 atom stereocenters. The molecule has 1 aromatic carbocycles. The van der Waals surface area contributed by atoms with E-state index in [0.29, 0.717) is 41.3 Å². The van der Waals surface area contributed by atoms with E-state index >= 15 is 0 Å². The van der Waals surface area contributed by atoms with Crippen molar-refractivity contribution < 1.29 is 23.8 Å². The van der Waals surface area contributed by atoms with Gasteiger partial charge in [0.2, 0.25) is 5.60 Å². The lowest BCUT2D eigenvalue weighted by atomic mass is 9.83. The van der Waals surface area contributed by atoms with Gasteiger partial charge in [-0.15, -0.1) is 0 Å². The van der Waals surface area contributed by atoms with Gasteiger partial charge in [0.1, 0.15) is 0 Å². The van der Waals surface area contributed by atoms with Crippen molar-refractivity contribution in [2.24, 2.45) is 0 Å². The second-order valence-electron chi connectivity index (χ2n) is 6.04. The first-order valence-corrected chi connectivity index (χ1v) is 9.01. The molecule has 2 rings (SSSR count). The fourth-order valence-electron chi connectivity index (χ4n) is 2.98. The molecule has 1 saturated carbocycles. The Labute approximate surface area is 157 Å². The van der Waals surface area contributed by atoms with E-state index in [-0.39, 0.29) is 19.1 Å². The molecule has 0 aliphatic heterocycles. The van der Waals surface area contributed by atoms with Crippen molar-refractivity contribution in [3.05, 3.63) is 33.8 Å². The van der Waals surface area contributed by atoms with Gasteiger partial charge in [-0.05, 0) is 37.5 Å². The molecule has 138 valence electrons. The van der Waals surface area contributed by atoms with Crippen molar-refractivity contribution in [3.63, 3.8) is 0 Å². The van der Waals surface area contributed by atoms with Gasteiger partial charge in [0.25, 0.3) is 0 Å². The Morgan fingerprint density at radius 1 is 1.24 bits per heavy atom. The highest BCUT2D eigenvalue weighted by atomic mass is 35.5. The second kappa shape index (κ2) is 8.88. The molecular formula is C18H22Cl2O5. The number of halogens is 2. The average molecular weight is 389 g/mol. The van der Waals surface area contributed by atoms with E-state index in [4.69, 9.17) is 37.4 Å². The maximum atomic E-state index is 12.4. The van der Waals surface area contributed by atoms with E-state index in [1.54, 1.807) is 32.2 Å². The molecule has 0 saturated heterocycles. The highest BCUT2D eigenvalue weighted by Crippen LogP contribution is 2.35. The third-order valence-corrected chi connectivity index (χ3v) is 4.97. The average Bonchev–Trinajstić information content (AvgIpc) is 2.58. The Morgan fingerprint density at radius 3 is 2.48 bits per heavy atom. The van der Waals surface area contributed by atoms with Crippen LogP contribution in [0, 0.1) is 0 Å². The summed E-state index contributed by atoms with van der Waals surface area (Å²) in [5.74, 6) is -1.02. The summed E-state index contributed by atoms with van der Waals surface area (Å²) in [5.41, 5.74) is -0.651. The predicted molar refractivity (Wildman–Crippen MR) is 94.9 cm³/mol. The van der Waals surface area contributed by atoms with Crippen LogP contribution in [0.3, 0.4) is 0 Å². The van der Waals surface area contributed by atoms with E-state index < -0.39 is 17.5 Å². The maximum absolute atomic E-state index is 12.4. The summed E-state index contributed by atoms with van der Waals surface area (Å²) in [4.78, 5) is 24.9. The van der Waals surface area contributed by atoms with E-state index in [0.717, 1.165) is 0 Å². The number of rotatable bonds is 6. The molecule has 0 amide bonds. The van der Waals surface area contributed by atoms with Crippen LogP contribution >= 0.6 is 23.2 Å². The van der Waals surface area contributed by atoms with Crippen LogP contribution in [0.5, 0.6) is 0 Å². The molecule has 5 nitrogen and oxygen atoms in total. The Balaban J connectivity index is 2.10. The Bertz CT molecular complexity index is 624. The Kier molecular flexibility index (Phi) is 7.11. The molecule has 1 aliphatic rings. The van der Waals surface area contributed by atoms with E-state index in [2.05, 4.69) is 0 Å². The van der Waals surface area contributed by atoms with Crippen LogP contribution in [0.4, 0.5) is 0 Å². The molecule has 1 fully saturated rings. The van der Waals surface area contributed by atoms with Gasteiger partial charge in [0.05, 0.1) is 19.1 Å². The number of ether oxygens (including phenoxy) is 3. The van der Waals surface area contributed by atoms with Crippen LogP contribution in [0.25, 0.3) is 0 Å². The summed E-state index contributed by atoms with van der Waals surface area (Å²) in [7, 11) is 1.64. The zero-order valence-electron chi connectivity index (χ0n) is 14.3. The third kappa shape index (κ3) is 5.09. The number of esters is 2. The number of methoxy groups -OCH3 is 1. The van der Waals surface area contributed by atoms with Gasteiger partial charge < -0.3 is 14.2 Å². The molecule has 25 heavy (non-hydrogen) atoms. The Morgan fingerprint density at radius 2 is 1.92 bits per heavy atom. The van der Waals surface area contributed by atoms with Gasteiger partial charge in [-0.1, -0.05) is 29.3 Å². The third-order valence-electron chi connectivity index (χ3n) is 4.38. The van der Waals surface area contributed by atoms with Gasteiger partial charge in [0.15, 0.2) is 0 Å². The number of hydrogen-bond donors (Lipinski definition) is 0. The zero-order chi connectivity index (χ0) is 18.4. The SMILES string of the molecule is CCOC(=O)C1(OC(=O)Cc2ccc(Cl)cc2Cl)CCC(OC)CC1. The number of benzene rings is 1. The van der Waals surface area contributed by atoms with Crippen molar-refractivity contribution >= 4 is 35.1 Å². The van der Waals surface area contributed by atoms with Crippen molar-refractivity contribution in [2.45, 2.75) is 50.7 Å². The summed E-state index contributed by atoms with van der Waals surface area (Å²) in [6, 6.07) is 4.89. The van der Waals surface area contributed by atoms with Crippen molar-refractivity contribution in [3.8, 4) is 0 Å². The van der Waals surface area contributed by atoms with Gasteiger partial charge >= 0.3 is 11.9 Å². The quantitative estimate of drug-likeness (QED) is 0.689. The fourth-order valence-corrected chi connectivity index (χ4v) is 3.45. The van der Waals surface area contributed by atoms with Gasteiger partial charge in [-0.25, -0.2) is 4.79 Å². The second-order valence-corrected chi connectivity index (χ2v) is 6.88. The summed E-state index contributed by atoms with van der Waals surface area (Å²) in [6.45, 7) is 1.95. The molecule has 1 aromatic rings. The highest BCUT2D eigenvalue weighted by molar-refractivity contribution is 6.35. The number of hydrogen-bond acceptors (Lipinski definition) is 5. The molecule has 0 aromatic heterocycles. The molecule has 0 unspecified atom stereocenters. The highest BCUT2D eigenvalue weighted by Gasteiger charge is 2.46. The van der Waals surface area contributed by atoms with Crippen LogP contribution in [0.2, 0.25) is 10.0 Å². The van der Waals surface area contributed by atoms with Crippen LogP contribution in [-0.4, -0.2) is 37.4 Å². The van der Waals surface area contributed by atoms with Crippen LogP contribution in [0.15, 0.2) is 18.2 Å². The zero-order valence-corrected chi connectivity index (χ0v) is 15.9. The monoisotopic (exact) mass is 388 g/mol. The number of carbonyl (C=O) groups excluding carboxylic acids is 2. The van der Waals surface area contributed by atoms with E-state index in [9.17, 15) is 9.59 Å². The standard InChI is InChI=1S/C18H22Cl2O5/c1-3-24-17(22)18(8-6-14(23-2)7-9-18)25-16(21)10-12-4-5-13(19)11-15(12)20/h4-5,11,14H,3,6-10H2,1-2H3. The fraction of sp³-hybridized carbons (Fsp3) is 0.556. The topological polar surface area (TPSA) is 61.8 Å². The van der Waals surface area contributed by atoms with Crippen molar-refractivity contribution in [2.75, 3.05) is 13.7 Å². The largest absolute Gasteiger partial charge is 0.463 e. The first-order chi connectivity index (χ1) is 11.9. The lowest BCUT2D eigenvalue weighted by Gasteiger charge is -2.36. The lowest BCUT2D eigenvalue weighted by molar-refractivity contribution is -0.189. The minimum atomic E-state index is -1.25. The molecule has 1 aliphatic carbocycles. The molecule has 7 heteroatoms. The van der Waals surface area contributed by atoms with E-state index in [1.807, 2.05) is 0 Å². The number of carbonyl (C=O) groups is 2. The summed E-state index contributed by atoms with van der Waals surface area (Å²) < 4.78 is 16.1. The predicted octanol–water partition coefficient (Wildman–Crippen LogP) is 3.97. The normalized spacial score (nSPS) is 23.1. The first-order valence-electron chi connectivity index (χ1n) is 8.26. The molecule has 0 bridgehead atoms. The molecular weight excluding hydrogens is 367 g/mol. The molecule has 0 radical (unpaired) electrons. The van der Waals surface area contributed by atoms with Crippen molar-refractivity contribution in [1.82, 2.24) is 0 Å². The first kappa shape index (κ1) is 20.0. The molecule has 0 heterocycles. The van der Waals surface area contributed by atoms with Crippen LogP contribution in [0.1, 0.15) is 38.2 Å². The lowest BCUT2D eigenvalue weighted by Crippen LogP contribution is -2.48. The minimum Gasteiger partial charge on any atom is -0.463 e. The van der Waals surface area contributed by atoms with Crippen LogP contribution in [-0.2, 0) is 30.2 Å². The minimum absolute atomic E-state index is 0.0368. The van der Waals surface area contributed by atoms with Gasteiger partial charge in [0, 0.05) is 30.0 Å². The van der Waals surface area contributed by atoms with Gasteiger partial charge in [-0.2, -0.15) is 0 Å². The molecule has 0 N–H and O–H groups in total. The van der Waals surface area contributed by atoms with Crippen LogP contribution < -0.4 is 0 Å². The Hall–Kier alpha value is -1.30. The van der Waals surface area contributed by atoms with Crippen molar-refractivity contribution in [1.29, 1.82) is 0 Å². The van der Waals surface area contributed by atoms with Gasteiger partial charge in [-0.3, -0.25) is 4.79 Å². The maximum Gasteiger partial charge on any atom is 0.350 e. The summed E-state index contributed by atoms with van der Waals surface area (Å²) >= 11 is 12.0. The molecule has 0 spiro atoms. The summed E-state index contributed by atoms with van der Waals surface area (Å²) in [5, 5.41) is 0.876.